The van der Waals surface area contributed by atoms with Crippen LogP contribution in [0.25, 0.3) is 0 Å². The standard InChI is InChI=1S/C13H14O3/c1-2-7-14-8-11-5-3-4-6-13(11)16-10-12-9-15-12/h1,3-6,12H,7-10H2. The van der Waals surface area contributed by atoms with Crippen molar-refractivity contribution >= 4 is 0 Å². The number of ether oxygens (including phenoxy) is 3. The van der Waals surface area contributed by atoms with E-state index < -0.39 is 0 Å². The molecule has 0 spiro atoms. The van der Waals surface area contributed by atoms with Crippen LogP contribution in [0.15, 0.2) is 24.3 Å². The van der Waals surface area contributed by atoms with Crippen LogP contribution in [-0.2, 0) is 16.1 Å². The largest absolute Gasteiger partial charge is 0.490 e. The molecule has 2 rings (SSSR count). The summed E-state index contributed by atoms with van der Waals surface area (Å²) < 4.78 is 16.0. The Hall–Kier alpha value is -1.50. The lowest BCUT2D eigenvalue weighted by Gasteiger charge is -2.09. The molecule has 84 valence electrons. The minimum Gasteiger partial charge on any atom is -0.490 e. The van der Waals surface area contributed by atoms with Gasteiger partial charge in [-0.05, 0) is 6.07 Å². The third-order valence-electron chi connectivity index (χ3n) is 2.24. The maximum atomic E-state index is 5.64. The summed E-state index contributed by atoms with van der Waals surface area (Å²) in [7, 11) is 0. The van der Waals surface area contributed by atoms with Crippen LogP contribution in [0.3, 0.4) is 0 Å². The van der Waals surface area contributed by atoms with E-state index in [4.69, 9.17) is 20.6 Å². The highest BCUT2D eigenvalue weighted by Gasteiger charge is 2.23. The molecule has 0 saturated carbocycles. The third-order valence-corrected chi connectivity index (χ3v) is 2.24. The summed E-state index contributed by atoms with van der Waals surface area (Å²) in [4.78, 5) is 0. The maximum absolute atomic E-state index is 5.64. The van der Waals surface area contributed by atoms with Crippen LogP contribution in [0, 0.1) is 12.3 Å². The first kappa shape index (κ1) is 11.0. The summed E-state index contributed by atoms with van der Waals surface area (Å²) in [6.45, 7) is 2.20. The minimum absolute atomic E-state index is 0.264. The minimum atomic E-state index is 0.264. The van der Waals surface area contributed by atoms with Crippen LogP contribution in [0.1, 0.15) is 5.56 Å². The van der Waals surface area contributed by atoms with Crippen LogP contribution in [0.4, 0.5) is 0 Å². The van der Waals surface area contributed by atoms with Crippen molar-refractivity contribution in [2.75, 3.05) is 19.8 Å². The van der Waals surface area contributed by atoms with Gasteiger partial charge in [-0.15, -0.1) is 6.42 Å². The Balaban J connectivity index is 1.90. The fraction of sp³-hybridized carbons (Fsp3) is 0.385. The Labute approximate surface area is 95.3 Å². The lowest BCUT2D eigenvalue weighted by Crippen LogP contribution is -2.06. The van der Waals surface area contributed by atoms with Gasteiger partial charge in [0.2, 0.25) is 0 Å². The predicted molar refractivity (Wildman–Crippen MR) is 60.2 cm³/mol. The van der Waals surface area contributed by atoms with E-state index in [0.717, 1.165) is 17.9 Å². The summed E-state index contributed by atoms with van der Waals surface area (Å²) >= 11 is 0. The zero-order valence-corrected chi connectivity index (χ0v) is 9.02. The predicted octanol–water partition coefficient (Wildman–Crippen LogP) is 1.61. The molecule has 1 heterocycles. The van der Waals surface area contributed by atoms with Gasteiger partial charge in [0, 0.05) is 5.56 Å². The molecule has 0 aliphatic carbocycles. The molecule has 1 fully saturated rings. The molecule has 3 heteroatoms. The van der Waals surface area contributed by atoms with Crippen molar-refractivity contribution in [3.63, 3.8) is 0 Å². The zero-order chi connectivity index (χ0) is 11.2. The molecule has 16 heavy (non-hydrogen) atoms. The quantitative estimate of drug-likeness (QED) is 0.413. The summed E-state index contributed by atoms with van der Waals surface area (Å²) in [6, 6.07) is 7.79. The summed E-state index contributed by atoms with van der Waals surface area (Å²) in [6.07, 6.45) is 5.38. The van der Waals surface area contributed by atoms with Gasteiger partial charge < -0.3 is 14.2 Å². The molecule has 3 nitrogen and oxygen atoms in total. The normalized spacial score (nSPS) is 17.8. The summed E-state index contributed by atoms with van der Waals surface area (Å²) in [5.41, 5.74) is 1.01. The molecule has 0 bridgehead atoms. The fourth-order valence-electron chi connectivity index (χ4n) is 1.33. The second-order valence-corrected chi connectivity index (χ2v) is 3.57. The molecule has 1 aromatic carbocycles. The highest BCUT2D eigenvalue weighted by atomic mass is 16.6. The van der Waals surface area contributed by atoms with E-state index in [9.17, 15) is 0 Å². The van der Waals surface area contributed by atoms with Crippen molar-refractivity contribution < 1.29 is 14.2 Å². The van der Waals surface area contributed by atoms with Gasteiger partial charge in [0.25, 0.3) is 0 Å². The Morgan fingerprint density at radius 3 is 3.00 bits per heavy atom. The number of hydrogen-bond donors (Lipinski definition) is 0. The molecule has 1 aliphatic rings. The van der Waals surface area contributed by atoms with Gasteiger partial charge in [-0.1, -0.05) is 24.1 Å². The van der Waals surface area contributed by atoms with Crippen molar-refractivity contribution in [2.45, 2.75) is 12.7 Å². The van der Waals surface area contributed by atoms with Crippen molar-refractivity contribution in [3.8, 4) is 18.1 Å². The topological polar surface area (TPSA) is 31.0 Å². The SMILES string of the molecule is C#CCOCc1ccccc1OCC1CO1. The summed E-state index contributed by atoms with van der Waals surface area (Å²) in [5, 5.41) is 0. The first-order valence-corrected chi connectivity index (χ1v) is 5.23. The molecule has 1 aliphatic heterocycles. The second kappa shape index (κ2) is 5.55. The van der Waals surface area contributed by atoms with E-state index in [-0.39, 0.29) is 6.10 Å². The molecule has 1 unspecified atom stereocenters. The fourth-order valence-corrected chi connectivity index (χ4v) is 1.33. The van der Waals surface area contributed by atoms with E-state index in [2.05, 4.69) is 5.92 Å². The smallest absolute Gasteiger partial charge is 0.124 e. The number of benzene rings is 1. The Morgan fingerprint density at radius 1 is 1.44 bits per heavy atom. The van der Waals surface area contributed by atoms with Gasteiger partial charge in [-0.25, -0.2) is 0 Å². The Morgan fingerprint density at radius 2 is 2.25 bits per heavy atom. The average molecular weight is 218 g/mol. The monoisotopic (exact) mass is 218 g/mol. The van der Waals surface area contributed by atoms with Crippen LogP contribution in [0.5, 0.6) is 5.75 Å². The van der Waals surface area contributed by atoms with Crippen molar-refractivity contribution in [3.05, 3.63) is 29.8 Å². The number of rotatable bonds is 6. The van der Waals surface area contributed by atoms with Gasteiger partial charge in [0.15, 0.2) is 0 Å². The van der Waals surface area contributed by atoms with E-state index in [0.29, 0.717) is 19.8 Å². The lowest BCUT2D eigenvalue weighted by molar-refractivity contribution is 0.149. The molecule has 0 radical (unpaired) electrons. The molecule has 1 atom stereocenters. The summed E-state index contributed by atoms with van der Waals surface area (Å²) in [5.74, 6) is 3.28. The van der Waals surface area contributed by atoms with Gasteiger partial charge in [0.1, 0.15) is 25.1 Å². The lowest BCUT2D eigenvalue weighted by atomic mass is 10.2. The van der Waals surface area contributed by atoms with Gasteiger partial charge >= 0.3 is 0 Å². The van der Waals surface area contributed by atoms with Crippen LogP contribution in [0.2, 0.25) is 0 Å². The van der Waals surface area contributed by atoms with Crippen molar-refractivity contribution in [2.24, 2.45) is 0 Å². The van der Waals surface area contributed by atoms with Crippen molar-refractivity contribution in [1.82, 2.24) is 0 Å². The van der Waals surface area contributed by atoms with Crippen molar-refractivity contribution in [1.29, 1.82) is 0 Å². The molecule has 1 aromatic rings. The number of epoxide rings is 1. The van der Waals surface area contributed by atoms with Crippen LogP contribution >= 0.6 is 0 Å². The Kier molecular flexibility index (Phi) is 3.81. The molecular formula is C13H14O3. The number of para-hydroxylation sites is 1. The maximum Gasteiger partial charge on any atom is 0.124 e. The number of terminal acetylenes is 1. The molecule has 0 N–H and O–H groups in total. The molecular weight excluding hydrogens is 204 g/mol. The Bertz CT molecular complexity index is 377. The van der Waals surface area contributed by atoms with Gasteiger partial charge in [-0.3, -0.25) is 0 Å². The molecule has 0 amide bonds. The third kappa shape index (κ3) is 3.27. The zero-order valence-electron chi connectivity index (χ0n) is 9.02. The van der Waals surface area contributed by atoms with Crippen LogP contribution < -0.4 is 4.74 Å². The first-order chi connectivity index (χ1) is 7.90. The number of hydrogen-bond acceptors (Lipinski definition) is 3. The first-order valence-electron chi connectivity index (χ1n) is 5.23. The average Bonchev–Trinajstić information content (AvgIpc) is 3.12. The van der Waals surface area contributed by atoms with E-state index in [1.54, 1.807) is 0 Å². The highest BCUT2D eigenvalue weighted by molar-refractivity contribution is 5.32. The second-order valence-electron chi connectivity index (χ2n) is 3.57. The highest BCUT2D eigenvalue weighted by Crippen LogP contribution is 2.20. The van der Waals surface area contributed by atoms with Crippen LogP contribution in [-0.4, -0.2) is 25.9 Å². The van der Waals surface area contributed by atoms with E-state index >= 15 is 0 Å². The molecule has 1 saturated heterocycles. The van der Waals surface area contributed by atoms with Gasteiger partial charge in [-0.2, -0.15) is 0 Å². The van der Waals surface area contributed by atoms with E-state index in [1.165, 1.54) is 0 Å². The van der Waals surface area contributed by atoms with E-state index in [1.807, 2.05) is 24.3 Å². The van der Waals surface area contributed by atoms with Gasteiger partial charge in [0.05, 0.1) is 13.2 Å². The molecule has 0 aromatic heterocycles.